The summed E-state index contributed by atoms with van der Waals surface area (Å²) < 4.78 is 40.2. The third-order valence-corrected chi connectivity index (χ3v) is 14.6. The minimum Gasteiger partial charge on any atom is -0.455 e. The van der Waals surface area contributed by atoms with Gasteiger partial charge in [0.1, 0.15) is 34.3 Å². The van der Waals surface area contributed by atoms with Crippen molar-refractivity contribution in [2.45, 2.75) is 34.1 Å². The van der Waals surface area contributed by atoms with Crippen LogP contribution < -0.4 is 21.3 Å². The second kappa shape index (κ2) is 22.3. The number of thiophene rings is 1. The summed E-state index contributed by atoms with van der Waals surface area (Å²) in [4.78, 5) is 60.0. The molecule has 0 saturated carbocycles. The molecule has 0 fully saturated rings. The number of nitrogens with zero attached hydrogens (tertiary/aromatic N) is 1. The Morgan fingerprint density at radius 3 is 1.51 bits per heavy atom. The van der Waals surface area contributed by atoms with E-state index in [1.807, 2.05) is 87.5 Å². The van der Waals surface area contributed by atoms with Crippen molar-refractivity contribution in [1.29, 1.82) is 0 Å². The fourth-order valence-corrected chi connectivity index (χ4v) is 10.7. The minimum atomic E-state index is -0.407. The lowest BCUT2D eigenvalue weighted by Crippen LogP contribution is -2.29. The Balaban J connectivity index is 0.934. The van der Waals surface area contributed by atoms with Crippen molar-refractivity contribution in [1.82, 2.24) is 26.3 Å². The molecule has 4 N–H and O–H groups in total. The predicted molar refractivity (Wildman–Crippen MR) is 305 cm³/mol. The smallest absolute Gasteiger partial charge is 0.255 e. The number of hydrogen-bond donors (Lipinski definition) is 4. The van der Waals surface area contributed by atoms with Gasteiger partial charge in [0.25, 0.3) is 23.6 Å². The molecule has 4 aromatic heterocycles. The SMILES string of the molecule is CNC(=O)c1c(-c2ccc(F)cc2)oc2ccc(-c3ccc(-c4cncc(C)c4)c(C(=O)NCC(C)Cc4cscc4-c4ccc(-c5ccc6oc(-c7ccc(F)cc7)c(C(=O)NC)c6c5)cc4C(=O)NCC(C)C)c3)cc12. The second-order valence-electron chi connectivity index (χ2n) is 19.9. The molecule has 14 heteroatoms. The number of amides is 4. The van der Waals surface area contributed by atoms with E-state index in [-0.39, 0.29) is 35.5 Å². The van der Waals surface area contributed by atoms with Crippen LogP contribution in [0.4, 0.5) is 8.78 Å². The third kappa shape index (κ3) is 10.7. The zero-order valence-corrected chi connectivity index (χ0v) is 44.6. The standard InChI is InChI=1S/C64H55F2N5O6S/c1-35(2)29-70-62(73)51-26-41(43-14-22-56-53(28-43)58(64(75)68-6)60(77-56)39-9-17-47(66)18-10-39)12-20-49(51)54-34-78-33-45(54)24-37(4)31-71-61(72)50-25-40(11-19-48(50)44-23-36(3)30-69-32-44)42-13-21-55-52(27-42)57(63(74)67-5)59(76-55)38-7-15-46(65)16-8-38/h7-23,25-28,30,32-35,37H,24,29,31H2,1-6H3,(H,67,74)(H,68,75)(H,70,73)(H,71,72). The highest BCUT2D eigenvalue weighted by Crippen LogP contribution is 2.40. The number of nitrogens with one attached hydrogen (secondary N) is 4. The molecule has 1 unspecified atom stereocenters. The second-order valence-corrected chi connectivity index (χ2v) is 20.7. The van der Waals surface area contributed by atoms with Crippen LogP contribution in [0.15, 0.2) is 159 Å². The van der Waals surface area contributed by atoms with Crippen molar-refractivity contribution in [2.24, 2.45) is 11.8 Å². The van der Waals surface area contributed by atoms with Gasteiger partial charge in [-0.3, -0.25) is 24.2 Å². The van der Waals surface area contributed by atoms with E-state index in [2.05, 4.69) is 43.9 Å². The van der Waals surface area contributed by atoms with Crippen LogP contribution in [0.25, 0.3) is 89.1 Å². The van der Waals surface area contributed by atoms with E-state index < -0.39 is 11.6 Å². The van der Waals surface area contributed by atoms with Gasteiger partial charge in [-0.15, -0.1) is 0 Å². The molecule has 1 atom stereocenters. The Morgan fingerprint density at radius 1 is 0.526 bits per heavy atom. The first kappa shape index (κ1) is 52.4. The minimum absolute atomic E-state index is 0.0370. The van der Waals surface area contributed by atoms with E-state index in [0.717, 1.165) is 50.1 Å². The lowest BCUT2D eigenvalue weighted by molar-refractivity contribution is 0.0941. The number of fused-ring (bicyclic) bond motifs is 2. The maximum absolute atomic E-state index is 14.6. The van der Waals surface area contributed by atoms with Gasteiger partial charge in [-0.1, -0.05) is 57.2 Å². The highest BCUT2D eigenvalue weighted by Gasteiger charge is 2.26. The van der Waals surface area contributed by atoms with Gasteiger partial charge in [0.05, 0.1) is 11.1 Å². The zero-order chi connectivity index (χ0) is 54.8. The van der Waals surface area contributed by atoms with Gasteiger partial charge in [0, 0.05) is 78.2 Å². The maximum Gasteiger partial charge on any atom is 0.255 e. The number of hydrogen-bond acceptors (Lipinski definition) is 8. The van der Waals surface area contributed by atoms with Crippen LogP contribution in [0.5, 0.6) is 0 Å². The molecule has 0 aliphatic heterocycles. The van der Waals surface area contributed by atoms with Crippen LogP contribution in [-0.2, 0) is 6.42 Å². The van der Waals surface area contributed by atoms with Gasteiger partial charge < -0.3 is 30.1 Å². The fraction of sp³-hybridized carbons (Fsp3) is 0.172. The average molecular weight is 1060 g/mol. The lowest BCUT2D eigenvalue weighted by atomic mass is 9.91. The van der Waals surface area contributed by atoms with Crippen LogP contribution in [0.1, 0.15) is 73.3 Å². The summed E-state index contributed by atoms with van der Waals surface area (Å²) >= 11 is 1.54. The molecule has 4 amide bonds. The van der Waals surface area contributed by atoms with Gasteiger partial charge in [0.15, 0.2) is 0 Å². The summed E-state index contributed by atoms with van der Waals surface area (Å²) in [6.07, 6.45) is 4.09. The van der Waals surface area contributed by atoms with Crippen LogP contribution in [0.3, 0.4) is 0 Å². The number of rotatable bonds is 16. The highest BCUT2D eigenvalue weighted by molar-refractivity contribution is 7.08. The van der Waals surface area contributed by atoms with Gasteiger partial charge in [-0.05, 0) is 177 Å². The number of furan rings is 2. The summed E-state index contributed by atoms with van der Waals surface area (Å²) in [6.45, 7) is 8.91. The van der Waals surface area contributed by atoms with E-state index in [1.165, 1.54) is 24.3 Å². The Hall–Kier alpha value is -9.01. The number of aryl methyl sites for hydroxylation is 1. The van der Waals surface area contributed by atoms with Crippen molar-refractivity contribution in [3.05, 3.63) is 196 Å². The molecular weight excluding hydrogens is 1000 g/mol. The van der Waals surface area contributed by atoms with Crippen LogP contribution in [-0.4, -0.2) is 55.8 Å². The molecule has 0 radical (unpaired) electrons. The number of benzene rings is 6. The number of halogens is 2. The van der Waals surface area contributed by atoms with Crippen LogP contribution >= 0.6 is 11.3 Å². The number of carbonyl (C=O) groups is 4. The van der Waals surface area contributed by atoms with Crippen molar-refractivity contribution < 1.29 is 36.8 Å². The summed E-state index contributed by atoms with van der Waals surface area (Å²) in [5.74, 6) is -1.21. The van der Waals surface area contributed by atoms with Gasteiger partial charge >= 0.3 is 0 Å². The first-order chi connectivity index (χ1) is 37.7. The van der Waals surface area contributed by atoms with Gasteiger partial charge in [0.2, 0.25) is 0 Å². The first-order valence-electron chi connectivity index (χ1n) is 25.6. The molecule has 392 valence electrons. The van der Waals surface area contributed by atoms with Gasteiger partial charge in [-0.25, -0.2) is 8.78 Å². The quantitative estimate of drug-likeness (QED) is 0.0751. The maximum atomic E-state index is 14.6. The molecule has 10 rings (SSSR count). The molecule has 0 aliphatic rings. The molecule has 0 saturated heterocycles. The fourth-order valence-electron chi connectivity index (χ4n) is 9.80. The van der Waals surface area contributed by atoms with Crippen molar-refractivity contribution in [3.8, 4) is 67.2 Å². The van der Waals surface area contributed by atoms with Crippen molar-refractivity contribution in [3.63, 3.8) is 0 Å². The Labute approximate surface area is 453 Å². The highest BCUT2D eigenvalue weighted by atomic mass is 32.1. The normalized spacial score (nSPS) is 11.8. The number of aromatic nitrogens is 1. The first-order valence-corrected chi connectivity index (χ1v) is 26.5. The molecule has 0 spiro atoms. The monoisotopic (exact) mass is 1060 g/mol. The Bertz CT molecular complexity index is 3930. The van der Waals surface area contributed by atoms with Crippen molar-refractivity contribution >= 4 is 56.9 Å². The topological polar surface area (TPSA) is 156 Å². The molecule has 10 aromatic rings. The molecule has 6 aromatic carbocycles. The molecule has 4 heterocycles. The molecule has 11 nitrogen and oxygen atoms in total. The Morgan fingerprint density at radius 2 is 1.00 bits per heavy atom. The Kier molecular flexibility index (Phi) is 15.0. The van der Waals surface area contributed by atoms with Crippen molar-refractivity contribution in [2.75, 3.05) is 27.2 Å². The van der Waals surface area contributed by atoms with E-state index in [9.17, 15) is 28.0 Å². The largest absolute Gasteiger partial charge is 0.455 e. The summed E-state index contributed by atoms with van der Waals surface area (Å²) in [5.41, 5.74) is 11.8. The average Bonchev–Trinajstić information content (AvgIpc) is 4.40. The van der Waals surface area contributed by atoms with Gasteiger partial charge in [-0.2, -0.15) is 11.3 Å². The molecule has 0 aliphatic carbocycles. The third-order valence-electron chi connectivity index (χ3n) is 13.8. The van der Waals surface area contributed by atoms with E-state index in [4.69, 9.17) is 8.83 Å². The van der Waals surface area contributed by atoms with Crippen LogP contribution in [0.2, 0.25) is 0 Å². The summed E-state index contributed by atoms with van der Waals surface area (Å²) in [5, 5.41) is 17.0. The number of carbonyl (C=O) groups excluding carboxylic acids is 4. The van der Waals surface area contributed by atoms with Crippen LogP contribution in [0, 0.1) is 30.4 Å². The molecular formula is C64H55F2N5O6S. The lowest BCUT2D eigenvalue weighted by Gasteiger charge is -2.17. The van der Waals surface area contributed by atoms with E-state index >= 15 is 0 Å². The molecule has 0 bridgehead atoms. The van der Waals surface area contributed by atoms with E-state index in [0.29, 0.717) is 91.9 Å². The summed E-state index contributed by atoms with van der Waals surface area (Å²) in [6, 6.07) is 36.2. The molecule has 78 heavy (non-hydrogen) atoms. The zero-order valence-electron chi connectivity index (χ0n) is 43.8. The summed E-state index contributed by atoms with van der Waals surface area (Å²) in [7, 11) is 3.09. The van der Waals surface area contributed by atoms with E-state index in [1.54, 1.807) is 74.2 Å². The number of pyridine rings is 1. The predicted octanol–water partition coefficient (Wildman–Crippen LogP) is 13.9.